The van der Waals surface area contributed by atoms with Gasteiger partial charge in [0.05, 0.1) is 32.2 Å². The Balaban J connectivity index is 1.27. The van der Waals surface area contributed by atoms with Gasteiger partial charge in [0.1, 0.15) is 11.5 Å². The molecule has 0 unspecified atom stereocenters. The van der Waals surface area contributed by atoms with Crippen molar-refractivity contribution in [2.24, 2.45) is 0 Å². The van der Waals surface area contributed by atoms with Crippen molar-refractivity contribution < 1.29 is 19.0 Å². The molecule has 2 saturated heterocycles. The molecule has 2 aliphatic heterocycles. The lowest BCUT2D eigenvalue weighted by molar-refractivity contribution is -0.133. The molecule has 0 atom stereocenters. The first-order chi connectivity index (χ1) is 14.7. The normalized spacial score (nSPS) is 17.0. The molecule has 3 heterocycles. The second-order valence-corrected chi connectivity index (χ2v) is 7.20. The van der Waals surface area contributed by atoms with E-state index in [1.807, 2.05) is 17.0 Å². The second kappa shape index (κ2) is 9.62. The molecule has 160 valence electrons. The molecule has 0 bridgehead atoms. The molecule has 2 aliphatic rings. The number of nitrogens with zero attached hydrogens (tertiary/aromatic N) is 5. The van der Waals surface area contributed by atoms with Crippen molar-refractivity contribution >= 4 is 17.4 Å². The fourth-order valence-corrected chi connectivity index (χ4v) is 3.59. The van der Waals surface area contributed by atoms with Gasteiger partial charge in [-0.15, -0.1) is 5.10 Å². The Labute approximate surface area is 176 Å². The van der Waals surface area contributed by atoms with Crippen LogP contribution in [0.3, 0.4) is 0 Å². The lowest BCUT2D eigenvalue weighted by atomic mass is 10.2. The first-order valence-corrected chi connectivity index (χ1v) is 10.2. The molecule has 0 N–H and O–H groups in total. The molecular weight excluding hydrogens is 386 g/mol. The predicted molar refractivity (Wildman–Crippen MR) is 112 cm³/mol. The number of piperazine rings is 1. The van der Waals surface area contributed by atoms with E-state index in [1.165, 1.54) is 0 Å². The molecule has 4 rings (SSSR count). The van der Waals surface area contributed by atoms with Crippen LogP contribution in [0.25, 0.3) is 0 Å². The number of carbonyl (C=O) groups is 1. The largest absolute Gasteiger partial charge is 0.497 e. The molecule has 30 heavy (non-hydrogen) atoms. The van der Waals surface area contributed by atoms with Gasteiger partial charge in [-0.2, -0.15) is 5.10 Å². The maximum atomic E-state index is 12.5. The summed E-state index contributed by atoms with van der Waals surface area (Å²) in [5.74, 6) is 2.28. The fraction of sp³-hybridized carbons (Fsp3) is 0.476. The van der Waals surface area contributed by atoms with Crippen molar-refractivity contribution in [1.82, 2.24) is 15.1 Å². The van der Waals surface area contributed by atoms with Crippen LogP contribution in [0.4, 0.5) is 11.5 Å². The van der Waals surface area contributed by atoms with Crippen molar-refractivity contribution in [2.75, 3.05) is 76.0 Å². The molecule has 0 spiro atoms. The highest BCUT2D eigenvalue weighted by Gasteiger charge is 2.23. The number of benzene rings is 1. The first kappa shape index (κ1) is 20.2. The molecule has 2 aromatic rings. The van der Waals surface area contributed by atoms with Crippen LogP contribution in [0, 0.1) is 0 Å². The highest BCUT2D eigenvalue weighted by molar-refractivity contribution is 5.78. The van der Waals surface area contributed by atoms with Crippen molar-refractivity contribution in [3.05, 3.63) is 36.5 Å². The molecule has 9 nitrogen and oxygen atoms in total. The number of aromatic nitrogens is 2. The van der Waals surface area contributed by atoms with Crippen LogP contribution < -0.4 is 19.3 Å². The van der Waals surface area contributed by atoms with Gasteiger partial charge in [0, 0.05) is 45.3 Å². The van der Waals surface area contributed by atoms with E-state index in [-0.39, 0.29) is 12.5 Å². The van der Waals surface area contributed by atoms with Gasteiger partial charge in [0.2, 0.25) is 0 Å². The molecule has 1 amide bonds. The minimum absolute atomic E-state index is 0.00710. The number of anilines is 2. The molecule has 0 saturated carbocycles. The zero-order chi connectivity index (χ0) is 20.8. The van der Waals surface area contributed by atoms with Gasteiger partial charge in [0.15, 0.2) is 12.4 Å². The van der Waals surface area contributed by atoms with Gasteiger partial charge >= 0.3 is 0 Å². The third kappa shape index (κ3) is 4.91. The highest BCUT2D eigenvalue weighted by Crippen LogP contribution is 2.21. The van der Waals surface area contributed by atoms with E-state index < -0.39 is 0 Å². The first-order valence-electron chi connectivity index (χ1n) is 10.2. The number of methoxy groups -OCH3 is 1. The molecular formula is C21H27N5O4. The number of hydrogen-bond acceptors (Lipinski definition) is 8. The topological polar surface area (TPSA) is 80.3 Å². The molecule has 0 aliphatic carbocycles. The van der Waals surface area contributed by atoms with E-state index in [0.717, 1.165) is 43.4 Å². The number of amides is 1. The second-order valence-electron chi connectivity index (χ2n) is 7.20. The maximum Gasteiger partial charge on any atom is 0.260 e. The van der Waals surface area contributed by atoms with Gasteiger partial charge in [-0.1, -0.05) is 0 Å². The van der Waals surface area contributed by atoms with Crippen LogP contribution in [-0.2, 0) is 9.53 Å². The van der Waals surface area contributed by atoms with E-state index >= 15 is 0 Å². The highest BCUT2D eigenvalue weighted by atomic mass is 16.5. The van der Waals surface area contributed by atoms with Gasteiger partial charge < -0.3 is 28.9 Å². The third-order valence-corrected chi connectivity index (χ3v) is 5.38. The van der Waals surface area contributed by atoms with E-state index in [1.54, 1.807) is 25.4 Å². The zero-order valence-corrected chi connectivity index (χ0v) is 17.2. The molecule has 0 radical (unpaired) electrons. The van der Waals surface area contributed by atoms with Crippen molar-refractivity contribution in [3.8, 4) is 11.5 Å². The Kier molecular flexibility index (Phi) is 6.48. The number of ether oxygens (including phenoxy) is 3. The average Bonchev–Trinajstić information content (AvgIpc) is 2.83. The smallest absolute Gasteiger partial charge is 0.260 e. The number of carbonyl (C=O) groups excluding carboxylic acids is 1. The Morgan fingerprint density at radius 3 is 2.40 bits per heavy atom. The van der Waals surface area contributed by atoms with Crippen molar-refractivity contribution in [2.45, 2.75) is 0 Å². The van der Waals surface area contributed by atoms with Crippen LogP contribution >= 0.6 is 0 Å². The summed E-state index contributed by atoms with van der Waals surface area (Å²) in [4.78, 5) is 18.8. The third-order valence-electron chi connectivity index (χ3n) is 5.38. The number of hydrogen-bond donors (Lipinski definition) is 0. The lowest BCUT2D eigenvalue weighted by Crippen LogP contribution is -2.50. The minimum Gasteiger partial charge on any atom is -0.497 e. The van der Waals surface area contributed by atoms with Crippen LogP contribution in [0.5, 0.6) is 11.5 Å². The molecule has 2 fully saturated rings. The van der Waals surface area contributed by atoms with Crippen LogP contribution in [0.2, 0.25) is 0 Å². The standard InChI is InChI=1S/C21H27N5O4/c1-28-18-2-4-19(5-3-18)30-16-21(27)26-8-6-24(7-9-26)17-14-20(23-22-15-17)25-10-12-29-13-11-25/h2-5,14-15H,6-13,16H2,1H3. The van der Waals surface area contributed by atoms with Crippen LogP contribution in [0.1, 0.15) is 0 Å². The van der Waals surface area contributed by atoms with E-state index in [4.69, 9.17) is 14.2 Å². The van der Waals surface area contributed by atoms with Crippen molar-refractivity contribution in [1.29, 1.82) is 0 Å². The quantitative estimate of drug-likeness (QED) is 0.695. The number of morpholine rings is 1. The lowest BCUT2D eigenvalue weighted by Gasteiger charge is -2.36. The van der Waals surface area contributed by atoms with Gasteiger partial charge in [-0.05, 0) is 24.3 Å². The molecule has 1 aromatic heterocycles. The SMILES string of the molecule is COc1ccc(OCC(=O)N2CCN(c3cnnc(N4CCOCC4)c3)CC2)cc1. The zero-order valence-electron chi connectivity index (χ0n) is 17.2. The van der Waals surface area contributed by atoms with E-state index in [0.29, 0.717) is 32.1 Å². The summed E-state index contributed by atoms with van der Waals surface area (Å²) in [7, 11) is 1.62. The maximum absolute atomic E-state index is 12.5. The fourth-order valence-electron chi connectivity index (χ4n) is 3.59. The monoisotopic (exact) mass is 413 g/mol. The number of rotatable bonds is 6. The summed E-state index contributed by atoms with van der Waals surface area (Å²) >= 11 is 0. The van der Waals surface area contributed by atoms with Crippen LogP contribution in [0.15, 0.2) is 36.5 Å². The van der Waals surface area contributed by atoms with Gasteiger partial charge in [0.25, 0.3) is 5.91 Å². The van der Waals surface area contributed by atoms with E-state index in [2.05, 4.69) is 26.1 Å². The summed E-state index contributed by atoms with van der Waals surface area (Å²) in [5, 5.41) is 8.45. The summed E-state index contributed by atoms with van der Waals surface area (Å²) in [5.41, 5.74) is 1.04. The Morgan fingerprint density at radius 2 is 1.70 bits per heavy atom. The Hall–Kier alpha value is -3.07. The van der Waals surface area contributed by atoms with Crippen molar-refractivity contribution in [3.63, 3.8) is 0 Å². The predicted octanol–water partition coefficient (Wildman–Crippen LogP) is 1.05. The minimum atomic E-state index is -0.00710. The Morgan fingerprint density at radius 1 is 1.00 bits per heavy atom. The van der Waals surface area contributed by atoms with Gasteiger partial charge in [-0.3, -0.25) is 4.79 Å². The summed E-state index contributed by atoms with van der Waals surface area (Å²) < 4.78 is 16.2. The summed E-state index contributed by atoms with van der Waals surface area (Å²) in [6.45, 7) is 5.93. The van der Waals surface area contributed by atoms with Crippen LogP contribution in [-0.4, -0.2) is 87.2 Å². The molecule has 9 heteroatoms. The average molecular weight is 413 g/mol. The van der Waals surface area contributed by atoms with E-state index in [9.17, 15) is 4.79 Å². The molecule has 1 aromatic carbocycles. The summed E-state index contributed by atoms with van der Waals surface area (Å²) in [6, 6.07) is 9.29. The summed E-state index contributed by atoms with van der Waals surface area (Å²) in [6.07, 6.45) is 1.79. The van der Waals surface area contributed by atoms with Gasteiger partial charge in [-0.25, -0.2) is 0 Å². The Bertz CT molecular complexity index is 834.